The van der Waals surface area contributed by atoms with Crippen LogP contribution < -0.4 is 0 Å². The minimum Gasteiger partial charge on any atom is -0.295 e. The molecule has 0 atom stereocenters. The molecule has 0 N–H and O–H groups in total. The van der Waals surface area contributed by atoms with Crippen molar-refractivity contribution in [3.8, 4) is 0 Å². The summed E-state index contributed by atoms with van der Waals surface area (Å²) in [5, 5.41) is 0. The monoisotopic (exact) mass is 624 g/mol. The molecule has 0 spiro atoms. The fraction of sp³-hybridized carbons (Fsp3) is 0.133. The Morgan fingerprint density at radius 3 is 1.29 bits per heavy atom. The highest BCUT2D eigenvalue weighted by atomic mass is 16.1. The highest BCUT2D eigenvalue weighted by Gasteiger charge is 2.24. The second-order valence-electron chi connectivity index (χ2n) is 12.8. The van der Waals surface area contributed by atoms with E-state index in [0.717, 1.165) is 50.6 Å². The molecule has 0 aromatic heterocycles. The summed E-state index contributed by atoms with van der Waals surface area (Å²) < 4.78 is 0. The normalized spacial score (nSPS) is 12.2. The molecule has 0 bridgehead atoms. The zero-order valence-electron chi connectivity index (χ0n) is 28.2. The molecule has 3 heteroatoms. The molecule has 1 aliphatic heterocycles. The highest BCUT2D eigenvalue weighted by Crippen LogP contribution is 2.35. The van der Waals surface area contributed by atoms with Crippen molar-refractivity contribution >= 4 is 28.6 Å². The van der Waals surface area contributed by atoms with E-state index in [4.69, 9.17) is 9.98 Å². The molecule has 0 fully saturated rings. The van der Waals surface area contributed by atoms with Crippen molar-refractivity contribution < 1.29 is 4.79 Å². The van der Waals surface area contributed by atoms with Crippen LogP contribution >= 0.6 is 0 Å². The van der Waals surface area contributed by atoms with E-state index in [0.29, 0.717) is 0 Å². The Morgan fingerprint density at radius 1 is 0.479 bits per heavy atom. The molecule has 1 aliphatic rings. The fourth-order valence-corrected chi connectivity index (χ4v) is 5.91. The SMILES string of the molecule is CC(=O)c1ccccc1.Cc1ccc(C2=Nc3ccccc3C(c3ccc(C(C)(C)c4ccc(C)cc4)cc3)=Nc3ccccc32)cc1. The van der Waals surface area contributed by atoms with Crippen LogP contribution in [0.1, 0.15) is 75.6 Å². The lowest BCUT2D eigenvalue weighted by Gasteiger charge is -2.26. The Morgan fingerprint density at radius 2 is 0.854 bits per heavy atom. The number of carbonyl (C=O) groups excluding carboxylic acids is 1. The average Bonchev–Trinajstić information content (AvgIpc) is 3.11. The summed E-state index contributed by atoms with van der Waals surface area (Å²) in [5.41, 5.74) is 13.7. The smallest absolute Gasteiger partial charge is 0.159 e. The molecule has 236 valence electrons. The average molecular weight is 625 g/mol. The number of aryl methyl sites for hydroxylation is 2. The zero-order chi connectivity index (χ0) is 33.7. The third-order valence-corrected chi connectivity index (χ3v) is 8.94. The summed E-state index contributed by atoms with van der Waals surface area (Å²) in [6.45, 7) is 10.4. The van der Waals surface area contributed by atoms with Crippen molar-refractivity contribution in [3.05, 3.63) is 202 Å². The first-order valence-corrected chi connectivity index (χ1v) is 16.4. The van der Waals surface area contributed by atoms with Gasteiger partial charge >= 0.3 is 0 Å². The lowest BCUT2D eigenvalue weighted by atomic mass is 9.77. The second-order valence-corrected chi connectivity index (χ2v) is 12.8. The molecule has 6 aromatic carbocycles. The number of rotatable bonds is 5. The third kappa shape index (κ3) is 7.01. The van der Waals surface area contributed by atoms with Crippen molar-refractivity contribution in [1.29, 1.82) is 0 Å². The molecule has 0 radical (unpaired) electrons. The van der Waals surface area contributed by atoms with Gasteiger partial charge in [0.25, 0.3) is 0 Å². The van der Waals surface area contributed by atoms with Crippen LogP contribution in [0.4, 0.5) is 11.4 Å². The van der Waals surface area contributed by atoms with E-state index in [1.165, 1.54) is 22.3 Å². The quantitative estimate of drug-likeness (QED) is 0.176. The maximum Gasteiger partial charge on any atom is 0.159 e. The molecule has 0 saturated heterocycles. The Hall–Kier alpha value is -5.67. The maximum atomic E-state index is 10.6. The largest absolute Gasteiger partial charge is 0.295 e. The third-order valence-electron chi connectivity index (χ3n) is 8.94. The molecule has 48 heavy (non-hydrogen) atoms. The van der Waals surface area contributed by atoms with Gasteiger partial charge in [0.2, 0.25) is 0 Å². The Kier molecular flexibility index (Phi) is 9.40. The first-order chi connectivity index (χ1) is 23.2. The molecule has 6 aromatic rings. The van der Waals surface area contributed by atoms with Crippen LogP contribution in [0.15, 0.2) is 162 Å². The number of hydrogen-bond donors (Lipinski definition) is 0. The molecular weight excluding hydrogens is 585 g/mol. The van der Waals surface area contributed by atoms with E-state index in [2.05, 4.69) is 137 Å². The van der Waals surface area contributed by atoms with E-state index in [-0.39, 0.29) is 11.2 Å². The summed E-state index contributed by atoms with van der Waals surface area (Å²) in [6, 6.07) is 52.2. The Balaban J connectivity index is 0.000000388. The lowest BCUT2D eigenvalue weighted by molar-refractivity contribution is 0.101. The van der Waals surface area contributed by atoms with Crippen molar-refractivity contribution in [1.82, 2.24) is 0 Å². The Bertz CT molecular complexity index is 2100. The number of aliphatic imine (C=N–C) groups is 2. The van der Waals surface area contributed by atoms with Gasteiger partial charge in [-0.2, -0.15) is 0 Å². The summed E-state index contributed by atoms with van der Waals surface area (Å²) in [5.74, 6) is 0.121. The number of carbonyl (C=O) groups is 1. The number of Topliss-reactive ketones (excluding diaryl/α,β-unsaturated/α-hetero) is 1. The van der Waals surface area contributed by atoms with Crippen molar-refractivity contribution in [2.45, 2.75) is 40.0 Å². The summed E-state index contributed by atoms with van der Waals surface area (Å²) >= 11 is 0. The molecule has 0 unspecified atom stereocenters. The van der Waals surface area contributed by atoms with Crippen LogP contribution in [-0.4, -0.2) is 17.2 Å². The van der Waals surface area contributed by atoms with Gasteiger partial charge in [0.05, 0.1) is 22.8 Å². The summed E-state index contributed by atoms with van der Waals surface area (Å²) in [6.07, 6.45) is 0. The first kappa shape index (κ1) is 32.3. The number of hydrogen-bond acceptors (Lipinski definition) is 3. The van der Waals surface area contributed by atoms with Crippen LogP contribution in [-0.2, 0) is 5.41 Å². The van der Waals surface area contributed by atoms with E-state index in [9.17, 15) is 4.79 Å². The van der Waals surface area contributed by atoms with Crippen LogP contribution in [0.2, 0.25) is 0 Å². The van der Waals surface area contributed by atoms with Gasteiger partial charge in [-0.25, -0.2) is 9.98 Å². The standard InChI is InChI=1S/C37H32N2.C8H8O/c1-25-13-17-27(18-14-25)35-31-9-5-7-11-33(31)39-36(32-10-6-8-12-34(32)38-35)28-19-23-30(24-20-28)37(3,4)29-21-15-26(2)16-22-29;1-7(9)8-5-3-2-4-6-8/h5-24H,1-4H3;2-6H,1H3. The van der Waals surface area contributed by atoms with Gasteiger partial charge in [0.15, 0.2) is 5.78 Å². The molecule has 0 saturated carbocycles. The zero-order valence-corrected chi connectivity index (χ0v) is 28.2. The van der Waals surface area contributed by atoms with E-state index < -0.39 is 0 Å². The van der Waals surface area contributed by atoms with Crippen LogP contribution in [0, 0.1) is 13.8 Å². The van der Waals surface area contributed by atoms with Crippen molar-refractivity contribution in [2.24, 2.45) is 9.98 Å². The van der Waals surface area contributed by atoms with E-state index in [1.807, 2.05) is 42.5 Å². The van der Waals surface area contributed by atoms with Crippen molar-refractivity contribution in [3.63, 3.8) is 0 Å². The maximum absolute atomic E-state index is 10.6. The molecule has 1 heterocycles. The van der Waals surface area contributed by atoms with Crippen molar-refractivity contribution in [2.75, 3.05) is 0 Å². The van der Waals surface area contributed by atoms with E-state index in [1.54, 1.807) is 6.92 Å². The van der Waals surface area contributed by atoms with Gasteiger partial charge in [-0.3, -0.25) is 4.79 Å². The Labute approximate surface area is 284 Å². The number of para-hydroxylation sites is 2. The number of ketones is 1. The minimum atomic E-state index is -0.104. The van der Waals surface area contributed by atoms with Gasteiger partial charge in [0, 0.05) is 33.2 Å². The molecule has 3 nitrogen and oxygen atoms in total. The van der Waals surface area contributed by atoms with Crippen LogP contribution in [0.5, 0.6) is 0 Å². The lowest BCUT2D eigenvalue weighted by Crippen LogP contribution is -2.19. The number of fused-ring (bicyclic) bond motifs is 2. The molecule has 0 amide bonds. The topological polar surface area (TPSA) is 41.8 Å². The predicted octanol–water partition coefficient (Wildman–Crippen LogP) is 11.2. The van der Waals surface area contributed by atoms with Gasteiger partial charge in [-0.05, 0) is 44.0 Å². The fourth-order valence-electron chi connectivity index (χ4n) is 5.91. The van der Waals surface area contributed by atoms with Gasteiger partial charge < -0.3 is 0 Å². The van der Waals surface area contributed by atoms with Gasteiger partial charge in [-0.15, -0.1) is 0 Å². The number of nitrogens with zero attached hydrogens (tertiary/aromatic N) is 2. The minimum absolute atomic E-state index is 0.104. The summed E-state index contributed by atoms with van der Waals surface area (Å²) in [7, 11) is 0. The van der Waals surface area contributed by atoms with Gasteiger partial charge in [0.1, 0.15) is 0 Å². The molecular formula is C45H40N2O. The van der Waals surface area contributed by atoms with Crippen LogP contribution in [0.3, 0.4) is 0 Å². The molecule has 7 rings (SSSR count). The van der Waals surface area contributed by atoms with E-state index >= 15 is 0 Å². The predicted molar refractivity (Wildman–Crippen MR) is 201 cm³/mol. The molecule has 0 aliphatic carbocycles. The first-order valence-electron chi connectivity index (χ1n) is 16.4. The number of benzene rings is 6. The summed E-state index contributed by atoms with van der Waals surface area (Å²) in [4.78, 5) is 21.2. The second kappa shape index (κ2) is 14.0. The van der Waals surface area contributed by atoms with Gasteiger partial charge in [-0.1, -0.05) is 165 Å². The highest BCUT2D eigenvalue weighted by molar-refractivity contribution is 6.22. The van der Waals surface area contributed by atoms with Crippen LogP contribution in [0.25, 0.3) is 0 Å².